The summed E-state index contributed by atoms with van der Waals surface area (Å²) in [5.74, 6) is -0.968. The zero-order valence-corrected chi connectivity index (χ0v) is 26.2. The van der Waals surface area contributed by atoms with Crippen molar-refractivity contribution >= 4 is 51.3 Å². The molecule has 1 amide bonds. The highest BCUT2D eigenvalue weighted by molar-refractivity contribution is 8.00. The van der Waals surface area contributed by atoms with Crippen LogP contribution in [-0.2, 0) is 15.3 Å². The fraction of sp³-hybridized carbons (Fsp3) is 0.219. The first-order valence-electron chi connectivity index (χ1n) is 14.2. The number of ketones is 1. The van der Waals surface area contributed by atoms with E-state index in [2.05, 4.69) is 15.2 Å². The molecular formula is C32H28FN5O5S2. The molecule has 230 valence electrons. The molecule has 4 heterocycles. The largest absolute Gasteiger partial charge is 0.505 e. The van der Waals surface area contributed by atoms with Crippen LogP contribution in [0.4, 0.5) is 9.52 Å². The van der Waals surface area contributed by atoms with E-state index in [1.165, 1.54) is 28.8 Å². The number of rotatable bonds is 10. The van der Waals surface area contributed by atoms with Gasteiger partial charge in [0.05, 0.1) is 30.5 Å². The van der Waals surface area contributed by atoms with Crippen molar-refractivity contribution in [3.63, 3.8) is 0 Å². The number of carbonyl (C=O) groups is 2. The summed E-state index contributed by atoms with van der Waals surface area (Å²) < 4.78 is 27.2. The Balaban J connectivity index is 1.47. The molecule has 0 bridgehead atoms. The zero-order chi connectivity index (χ0) is 31.7. The van der Waals surface area contributed by atoms with E-state index in [1.807, 2.05) is 19.9 Å². The van der Waals surface area contributed by atoms with Gasteiger partial charge in [-0.3, -0.25) is 18.9 Å². The van der Waals surface area contributed by atoms with Crippen LogP contribution in [0.3, 0.4) is 0 Å². The first kappa shape index (κ1) is 30.3. The third-order valence-corrected chi connectivity index (χ3v) is 9.26. The van der Waals surface area contributed by atoms with Gasteiger partial charge in [-0.2, -0.15) is 0 Å². The predicted molar refractivity (Wildman–Crippen MR) is 169 cm³/mol. The van der Waals surface area contributed by atoms with Crippen LogP contribution in [0.2, 0.25) is 0 Å². The van der Waals surface area contributed by atoms with Gasteiger partial charge in [0.25, 0.3) is 5.78 Å². The average Bonchev–Trinajstić information content (AvgIpc) is 3.71. The number of halogens is 1. The highest BCUT2D eigenvalue weighted by Gasteiger charge is 2.49. The molecule has 1 aliphatic rings. The van der Waals surface area contributed by atoms with Crippen molar-refractivity contribution in [2.24, 2.45) is 0 Å². The van der Waals surface area contributed by atoms with Crippen molar-refractivity contribution in [3.8, 4) is 11.5 Å². The lowest BCUT2D eigenvalue weighted by Crippen LogP contribution is -2.29. The van der Waals surface area contributed by atoms with Crippen LogP contribution in [0.1, 0.15) is 42.4 Å². The van der Waals surface area contributed by atoms with Gasteiger partial charge in [-0.05, 0) is 68.3 Å². The minimum Gasteiger partial charge on any atom is -0.505 e. The van der Waals surface area contributed by atoms with E-state index < -0.39 is 17.7 Å². The number of benzene rings is 2. The van der Waals surface area contributed by atoms with Crippen molar-refractivity contribution in [1.82, 2.24) is 19.6 Å². The van der Waals surface area contributed by atoms with E-state index in [-0.39, 0.29) is 22.3 Å². The monoisotopic (exact) mass is 645 g/mol. The van der Waals surface area contributed by atoms with Gasteiger partial charge in [0.2, 0.25) is 5.13 Å². The lowest BCUT2D eigenvalue weighted by Gasteiger charge is -2.23. The molecule has 6 rings (SSSR count). The Morgan fingerprint density at radius 1 is 1.02 bits per heavy atom. The molecule has 1 fully saturated rings. The highest BCUT2D eigenvalue weighted by atomic mass is 32.2. The molecule has 3 aromatic heterocycles. The lowest BCUT2D eigenvalue weighted by molar-refractivity contribution is -0.132. The maximum atomic E-state index is 13.8. The molecule has 2 aromatic carbocycles. The van der Waals surface area contributed by atoms with Crippen molar-refractivity contribution in [2.45, 2.75) is 36.9 Å². The smallest absolute Gasteiger partial charge is 0.301 e. The number of hydrogen-bond acceptors (Lipinski definition) is 10. The predicted octanol–water partition coefficient (Wildman–Crippen LogP) is 6.35. The number of carbonyl (C=O) groups excluding carboxylic acids is 2. The summed E-state index contributed by atoms with van der Waals surface area (Å²) in [5, 5.41) is 20.5. The molecule has 1 aliphatic heterocycles. The highest BCUT2D eigenvalue weighted by Crippen LogP contribution is 2.46. The maximum Gasteiger partial charge on any atom is 0.301 e. The second-order valence-electron chi connectivity index (χ2n) is 9.98. The molecule has 45 heavy (non-hydrogen) atoms. The molecule has 0 aliphatic carbocycles. The Morgan fingerprint density at radius 3 is 2.53 bits per heavy atom. The Labute approximate surface area is 266 Å². The number of aromatic nitrogens is 4. The molecule has 1 unspecified atom stereocenters. The first-order chi connectivity index (χ1) is 21.8. The van der Waals surface area contributed by atoms with E-state index in [4.69, 9.17) is 9.47 Å². The molecule has 0 saturated carbocycles. The van der Waals surface area contributed by atoms with Crippen molar-refractivity contribution in [2.75, 3.05) is 18.1 Å². The summed E-state index contributed by atoms with van der Waals surface area (Å²) in [5.41, 5.74) is 2.65. The standard InChI is InChI=1S/C32H28FN5O5S2/c1-4-42-22-14-11-20(16-23(22)43-5-2)27-25(28(39)26-18(3)34-24-8-6-7-15-37(24)26)29(40)30(41)38(27)31-35-36-32(45-31)44-17-19-9-12-21(33)13-10-19/h6-16,27,39H,4-5,17H2,1-3H3. The summed E-state index contributed by atoms with van der Waals surface area (Å²) in [4.78, 5) is 33.4. The maximum absolute atomic E-state index is 13.8. The molecular weight excluding hydrogens is 618 g/mol. The van der Waals surface area contributed by atoms with E-state index in [9.17, 15) is 19.1 Å². The van der Waals surface area contributed by atoms with E-state index in [0.717, 1.165) is 16.9 Å². The van der Waals surface area contributed by atoms with Crippen LogP contribution >= 0.6 is 23.1 Å². The van der Waals surface area contributed by atoms with Crippen LogP contribution in [-0.4, -0.2) is 49.6 Å². The molecule has 13 heteroatoms. The summed E-state index contributed by atoms with van der Waals surface area (Å²) in [6.45, 7) is 6.20. The van der Waals surface area contributed by atoms with E-state index in [1.54, 1.807) is 60.0 Å². The van der Waals surface area contributed by atoms with Gasteiger partial charge >= 0.3 is 5.91 Å². The normalized spacial score (nSPS) is 16.1. The molecule has 0 radical (unpaired) electrons. The van der Waals surface area contributed by atoms with Gasteiger partial charge in [0.1, 0.15) is 17.2 Å². The molecule has 1 N–H and O–H groups in total. The molecule has 1 saturated heterocycles. The fourth-order valence-corrected chi connectivity index (χ4v) is 7.02. The van der Waals surface area contributed by atoms with Gasteiger partial charge in [0.15, 0.2) is 21.6 Å². The van der Waals surface area contributed by atoms with E-state index >= 15 is 0 Å². The Bertz CT molecular complexity index is 1940. The number of Topliss-reactive ketones (excluding diaryl/α,β-unsaturated/α-hetero) is 1. The molecule has 10 nitrogen and oxygen atoms in total. The minimum absolute atomic E-state index is 0.115. The fourth-order valence-electron chi connectivity index (χ4n) is 5.19. The van der Waals surface area contributed by atoms with Gasteiger partial charge in [-0.25, -0.2) is 9.37 Å². The average molecular weight is 646 g/mol. The molecule has 5 aromatic rings. The number of ether oxygens (including phenoxy) is 2. The number of fused-ring (bicyclic) bond motifs is 1. The van der Waals surface area contributed by atoms with Crippen LogP contribution in [0.25, 0.3) is 11.4 Å². The van der Waals surface area contributed by atoms with Crippen LogP contribution in [0, 0.1) is 12.7 Å². The van der Waals surface area contributed by atoms with E-state index in [0.29, 0.717) is 57.4 Å². The number of amides is 1. The molecule has 0 spiro atoms. The minimum atomic E-state index is -1.06. The van der Waals surface area contributed by atoms with Crippen LogP contribution in [0.5, 0.6) is 11.5 Å². The molecule has 1 atom stereocenters. The van der Waals surface area contributed by atoms with Gasteiger partial charge in [-0.1, -0.05) is 47.4 Å². The number of thioether (sulfide) groups is 1. The lowest BCUT2D eigenvalue weighted by atomic mass is 9.96. The van der Waals surface area contributed by atoms with Gasteiger partial charge in [0, 0.05) is 11.9 Å². The first-order valence-corrected chi connectivity index (χ1v) is 16.0. The summed E-state index contributed by atoms with van der Waals surface area (Å²) in [6.07, 6.45) is 1.73. The Morgan fingerprint density at radius 2 is 1.78 bits per heavy atom. The van der Waals surface area contributed by atoms with Gasteiger partial charge < -0.3 is 14.6 Å². The topological polar surface area (TPSA) is 119 Å². The van der Waals surface area contributed by atoms with Crippen LogP contribution < -0.4 is 14.4 Å². The Kier molecular flexibility index (Phi) is 8.55. The third kappa shape index (κ3) is 5.76. The number of imidazole rings is 1. The quantitative estimate of drug-likeness (QED) is 0.0609. The number of aliphatic hydroxyl groups excluding tert-OH is 1. The number of pyridine rings is 1. The van der Waals surface area contributed by atoms with Crippen molar-refractivity contribution in [3.05, 3.63) is 101 Å². The summed E-state index contributed by atoms with van der Waals surface area (Å²) in [7, 11) is 0. The number of aliphatic hydroxyl groups is 1. The number of nitrogens with zero attached hydrogens (tertiary/aromatic N) is 5. The van der Waals surface area contributed by atoms with Crippen LogP contribution in [0.15, 0.2) is 76.8 Å². The van der Waals surface area contributed by atoms with Crippen molar-refractivity contribution < 1.29 is 28.6 Å². The number of hydrogen-bond donors (Lipinski definition) is 1. The number of aryl methyl sites for hydroxylation is 1. The second kappa shape index (κ2) is 12.7. The second-order valence-corrected chi connectivity index (χ2v) is 12.2. The zero-order valence-electron chi connectivity index (χ0n) is 24.6. The summed E-state index contributed by atoms with van der Waals surface area (Å²) >= 11 is 2.51. The Hall–Kier alpha value is -4.75. The summed E-state index contributed by atoms with van der Waals surface area (Å²) in [6, 6.07) is 15.6. The van der Waals surface area contributed by atoms with Gasteiger partial charge in [-0.15, -0.1) is 10.2 Å². The third-order valence-electron chi connectivity index (χ3n) is 7.13. The SMILES string of the molecule is CCOc1ccc(C2C(=C(O)c3c(C)nc4ccccn34)C(=O)C(=O)N2c2nnc(SCc3ccc(F)cc3)s2)cc1OCC. The number of anilines is 1. The van der Waals surface area contributed by atoms with Crippen molar-refractivity contribution in [1.29, 1.82) is 0 Å².